The summed E-state index contributed by atoms with van der Waals surface area (Å²) in [7, 11) is 0. The third kappa shape index (κ3) is 2.64. The van der Waals surface area contributed by atoms with Crippen LogP contribution in [-0.4, -0.2) is 5.78 Å². The van der Waals surface area contributed by atoms with Gasteiger partial charge in [-0.2, -0.15) is 0 Å². The van der Waals surface area contributed by atoms with E-state index in [9.17, 15) is 9.18 Å². The molecule has 0 unspecified atom stereocenters. The molecule has 0 bridgehead atoms. The topological polar surface area (TPSA) is 17.1 Å². The number of rotatable bonds is 2. The summed E-state index contributed by atoms with van der Waals surface area (Å²) in [5.41, 5.74) is 0.510. The Balaban J connectivity index is 2.51. The fourth-order valence-corrected chi connectivity index (χ4v) is 2.25. The minimum Gasteiger partial charge on any atom is -0.288 e. The summed E-state index contributed by atoms with van der Waals surface area (Å²) in [6, 6.07) is 11.2. The number of ketones is 1. The molecule has 0 fully saturated rings. The lowest BCUT2D eigenvalue weighted by molar-refractivity contribution is 0.103. The van der Waals surface area contributed by atoms with E-state index in [4.69, 9.17) is 0 Å². The van der Waals surface area contributed by atoms with Crippen molar-refractivity contribution in [2.45, 2.75) is 0 Å². The van der Waals surface area contributed by atoms with Crippen LogP contribution in [-0.2, 0) is 0 Å². The molecule has 86 valence electrons. The van der Waals surface area contributed by atoms with Crippen molar-refractivity contribution in [3.63, 3.8) is 0 Å². The molecule has 0 saturated heterocycles. The molecule has 4 heteroatoms. The molecule has 17 heavy (non-hydrogen) atoms. The first-order chi connectivity index (χ1) is 8.09. The van der Waals surface area contributed by atoms with Crippen LogP contribution in [0.4, 0.5) is 4.39 Å². The Hall–Kier alpha value is -1.000. The molecule has 0 aliphatic heterocycles. The van der Waals surface area contributed by atoms with E-state index in [1.54, 1.807) is 24.3 Å². The Kier molecular flexibility index (Phi) is 3.74. The summed E-state index contributed by atoms with van der Waals surface area (Å²) in [6.07, 6.45) is 0. The van der Waals surface area contributed by atoms with Gasteiger partial charge >= 0.3 is 0 Å². The average molecular weight is 358 g/mol. The largest absolute Gasteiger partial charge is 0.288 e. The molecule has 0 N–H and O–H groups in total. The predicted octanol–water partition coefficient (Wildman–Crippen LogP) is 4.58. The minimum absolute atomic E-state index is 0.0753. The molecule has 1 nitrogen and oxygen atoms in total. The standard InChI is InChI=1S/C13H7Br2FO/c14-8-5-6-11(15)10(7-8)13(17)9-3-1-2-4-12(9)16/h1-7H. The summed E-state index contributed by atoms with van der Waals surface area (Å²) < 4.78 is 14.9. The Labute approximate surface area is 115 Å². The zero-order valence-corrected chi connectivity index (χ0v) is 11.8. The zero-order chi connectivity index (χ0) is 12.4. The summed E-state index contributed by atoms with van der Waals surface area (Å²) in [4.78, 5) is 12.1. The molecule has 0 aliphatic carbocycles. The van der Waals surface area contributed by atoms with E-state index in [2.05, 4.69) is 31.9 Å². The second-order valence-electron chi connectivity index (χ2n) is 3.43. The molecule has 0 spiro atoms. The number of carbonyl (C=O) groups is 1. The molecule has 0 aliphatic rings. The maximum atomic E-state index is 13.5. The van der Waals surface area contributed by atoms with Crippen molar-refractivity contribution in [2.24, 2.45) is 0 Å². The first-order valence-corrected chi connectivity index (χ1v) is 6.42. The highest BCUT2D eigenvalue weighted by atomic mass is 79.9. The van der Waals surface area contributed by atoms with Crippen molar-refractivity contribution in [1.82, 2.24) is 0 Å². The van der Waals surface area contributed by atoms with Gasteiger partial charge in [-0.1, -0.05) is 44.0 Å². The van der Waals surface area contributed by atoms with Crippen molar-refractivity contribution < 1.29 is 9.18 Å². The zero-order valence-electron chi connectivity index (χ0n) is 8.58. The van der Waals surface area contributed by atoms with Gasteiger partial charge in [-0.15, -0.1) is 0 Å². The second kappa shape index (κ2) is 5.10. The van der Waals surface area contributed by atoms with Gasteiger partial charge in [0.2, 0.25) is 0 Å². The monoisotopic (exact) mass is 356 g/mol. The second-order valence-corrected chi connectivity index (χ2v) is 5.20. The highest BCUT2D eigenvalue weighted by Gasteiger charge is 2.16. The molecule has 0 amide bonds. The van der Waals surface area contributed by atoms with Gasteiger partial charge in [-0.3, -0.25) is 4.79 Å². The predicted molar refractivity (Wildman–Crippen MR) is 71.7 cm³/mol. The third-order valence-electron chi connectivity index (χ3n) is 2.29. The maximum absolute atomic E-state index is 13.5. The number of hydrogen-bond donors (Lipinski definition) is 0. The quantitative estimate of drug-likeness (QED) is 0.719. The third-order valence-corrected chi connectivity index (χ3v) is 3.48. The van der Waals surface area contributed by atoms with Crippen LogP contribution >= 0.6 is 31.9 Å². The Morgan fingerprint density at radius 3 is 2.41 bits per heavy atom. The van der Waals surface area contributed by atoms with Gasteiger partial charge in [0.15, 0.2) is 5.78 Å². The van der Waals surface area contributed by atoms with Crippen LogP contribution in [0.1, 0.15) is 15.9 Å². The summed E-state index contributed by atoms with van der Waals surface area (Å²) in [5.74, 6) is -0.847. The molecule has 0 heterocycles. The fraction of sp³-hybridized carbons (Fsp3) is 0. The highest BCUT2D eigenvalue weighted by molar-refractivity contribution is 9.11. The number of halogens is 3. The molecule has 0 atom stereocenters. The van der Waals surface area contributed by atoms with Crippen LogP contribution < -0.4 is 0 Å². The normalized spacial score (nSPS) is 10.3. The molecular weight excluding hydrogens is 351 g/mol. The molecule has 2 aromatic rings. The van der Waals surface area contributed by atoms with E-state index in [1.807, 2.05) is 6.07 Å². The van der Waals surface area contributed by atoms with Gasteiger partial charge in [0.05, 0.1) is 5.56 Å². The van der Waals surface area contributed by atoms with Gasteiger partial charge in [0, 0.05) is 14.5 Å². The van der Waals surface area contributed by atoms with Crippen molar-refractivity contribution in [3.05, 3.63) is 68.4 Å². The van der Waals surface area contributed by atoms with Crippen molar-refractivity contribution in [1.29, 1.82) is 0 Å². The highest BCUT2D eigenvalue weighted by Crippen LogP contribution is 2.24. The van der Waals surface area contributed by atoms with Crippen LogP contribution in [0.3, 0.4) is 0 Å². The average Bonchev–Trinajstić information content (AvgIpc) is 2.32. The van der Waals surface area contributed by atoms with E-state index >= 15 is 0 Å². The van der Waals surface area contributed by atoms with Crippen LogP contribution in [0, 0.1) is 5.82 Å². The van der Waals surface area contributed by atoms with E-state index in [0.29, 0.717) is 10.0 Å². The van der Waals surface area contributed by atoms with Gasteiger partial charge in [-0.25, -0.2) is 4.39 Å². The van der Waals surface area contributed by atoms with Crippen LogP contribution in [0.5, 0.6) is 0 Å². The number of hydrogen-bond acceptors (Lipinski definition) is 1. The summed E-state index contributed by atoms with van der Waals surface area (Å²) >= 11 is 6.58. The minimum atomic E-state index is -0.510. The fourth-order valence-electron chi connectivity index (χ4n) is 1.46. The van der Waals surface area contributed by atoms with Gasteiger partial charge in [-0.05, 0) is 30.3 Å². The van der Waals surface area contributed by atoms with Gasteiger partial charge in [0.1, 0.15) is 5.82 Å². The first-order valence-electron chi connectivity index (χ1n) is 4.84. The molecule has 2 rings (SSSR count). The first kappa shape index (κ1) is 12.5. The lowest BCUT2D eigenvalue weighted by Crippen LogP contribution is -2.05. The van der Waals surface area contributed by atoms with Crippen molar-refractivity contribution in [2.75, 3.05) is 0 Å². The van der Waals surface area contributed by atoms with E-state index < -0.39 is 5.82 Å². The lowest BCUT2D eigenvalue weighted by Gasteiger charge is -2.05. The Morgan fingerprint density at radius 2 is 1.71 bits per heavy atom. The Bertz CT molecular complexity index is 581. The molecule has 0 aromatic heterocycles. The van der Waals surface area contributed by atoms with Crippen LogP contribution in [0.2, 0.25) is 0 Å². The van der Waals surface area contributed by atoms with Crippen molar-refractivity contribution >= 4 is 37.6 Å². The van der Waals surface area contributed by atoms with Crippen molar-refractivity contribution in [3.8, 4) is 0 Å². The van der Waals surface area contributed by atoms with E-state index in [1.165, 1.54) is 12.1 Å². The smallest absolute Gasteiger partial charge is 0.197 e. The van der Waals surface area contributed by atoms with Crippen LogP contribution in [0.15, 0.2) is 51.4 Å². The summed E-state index contributed by atoms with van der Waals surface area (Å²) in [6.45, 7) is 0. The number of benzene rings is 2. The SMILES string of the molecule is O=C(c1ccccc1F)c1cc(Br)ccc1Br. The van der Waals surface area contributed by atoms with E-state index in [-0.39, 0.29) is 11.3 Å². The van der Waals surface area contributed by atoms with Gasteiger partial charge in [0.25, 0.3) is 0 Å². The number of carbonyl (C=O) groups excluding carboxylic acids is 1. The molecule has 0 saturated carbocycles. The summed E-state index contributed by atoms with van der Waals surface area (Å²) in [5, 5.41) is 0. The van der Waals surface area contributed by atoms with Crippen LogP contribution in [0.25, 0.3) is 0 Å². The molecular formula is C13H7Br2FO. The Morgan fingerprint density at radius 1 is 1.00 bits per heavy atom. The molecule has 2 aromatic carbocycles. The maximum Gasteiger partial charge on any atom is 0.197 e. The lowest BCUT2D eigenvalue weighted by atomic mass is 10.0. The van der Waals surface area contributed by atoms with E-state index in [0.717, 1.165) is 4.47 Å². The molecule has 0 radical (unpaired) electrons. The van der Waals surface area contributed by atoms with Gasteiger partial charge < -0.3 is 0 Å².